The highest BCUT2D eigenvalue weighted by Gasteiger charge is 2.23. The molecule has 1 aromatic heterocycles. The van der Waals surface area contributed by atoms with Gasteiger partial charge in [-0.2, -0.15) is 0 Å². The normalized spacial score (nSPS) is 11.7. The van der Waals surface area contributed by atoms with Gasteiger partial charge in [-0.1, -0.05) is 34.1 Å². The third kappa shape index (κ3) is 5.60. The van der Waals surface area contributed by atoms with Crippen molar-refractivity contribution in [1.29, 1.82) is 0 Å². The molecule has 1 heterocycles. The molecular formula is C18H18BrNO3. The molecule has 0 amide bonds. The number of rotatable bonds is 7. The Balaban J connectivity index is 2.00. The Labute approximate surface area is 144 Å². The van der Waals surface area contributed by atoms with Crippen LogP contribution in [-0.2, 0) is 27.2 Å². The number of hydrogen-bond donors (Lipinski definition) is 0. The minimum absolute atomic E-state index is 0.0126. The molecule has 0 unspecified atom stereocenters. The van der Waals surface area contributed by atoms with Crippen molar-refractivity contribution in [2.45, 2.75) is 19.3 Å². The average Bonchev–Trinajstić information content (AvgIpc) is 2.56. The van der Waals surface area contributed by atoms with Crippen molar-refractivity contribution in [2.24, 2.45) is 5.92 Å². The number of pyridine rings is 1. The number of nitrogens with zero attached hydrogens (tertiary/aromatic N) is 1. The molecule has 0 radical (unpaired) electrons. The highest BCUT2D eigenvalue weighted by Crippen LogP contribution is 2.16. The third-order valence-corrected chi connectivity index (χ3v) is 4.03. The molecule has 1 aromatic carbocycles. The molecule has 0 bridgehead atoms. The van der Waals surface area contributed by atoms with E-state index >= 15 is 0 Å². The minimum atomic E-state index is -0.502. The third-order valence-electron chi connectivity index (χ3n) is 3.50. The van der Waals surface area contributed by atoms with Crippen molar-refractivity contribution < 1.29 is 14.3 Å². The lowest BCUT2D eigenvalue weighted by Crippen LogP contribution is -2.23. The highest BCUT2D eigenvalue weighted by atomic mass is 79.9. The van der Waals surface area contributed by atoms with E-state index in [2.05, 4.69) is 20.9 Å². The van der Waals surface area contributed by atoms with E-state index in [4.69, 9.17) is 4.74 Å². The van der Waals surface area contributed by atoms with E-state index in [1.165, 1.54) is 7.11 Å². The molecule has 23 heavy (non-hydrogen) atoms. The first-order chi connectivity index (χ1) is 11.1. The van der Waals surface area contributed by atoms with Gasteiger partial charge in [0, 0.05) is 35.6 Å². The van der Waals surface area contributed by atoms with E-state index in [9.17, 15) is 9.59 Å². The summed E-state index contributed by atoms with van der Waals surface area (Å²) >= 11 is 3.36. The van der Waals surface area contributed by atoms with Gasteiger partial charge in [-0.05, 0) is 29.8 Å². The van der Waals surface area contributed by atoms with E-state index in [1.54, 1.807) is 6.20 Å². The second-order valence-corrected chi connectivity index (χ2v) is 6.21. The number of esters is 1. The monoisotopic (exact) mass is 375 g/mol. The second-order valence-electron chi connectivity index (χ2n) is 5.29. The summed E-state index contributed by atoms with van der Waals surface area (Å²) in [6.45, 7) is 0. The van der Waals surface area contributed by atoms with Gasteiger partial charge >= 0.3 is 5.97 Å². The number of hydrogen-bond acceptors (Lipinski definition) is 4. The van der Waals surface area contributed by atoms with E-state index < -0.39 is 5.92 Å². The van der Waals surface area contributed by atoms with Crippen LogP contribution in [0.15, 0.2) is 53.1 Å². The van der Waals surface area contributed by atoms with Crippen LogP contribution >= 0.6 is 15.9 Å². The fourth-order valence-electron chi connectivity index (χ4n) is 2.35. The number of ether oxygens (including phenoxy) is 1. The Kier molecular flexibility index (Phi) is 6.47. The summed E-state index contributed by atoms with van der Waals surface area (Å²) in [4.78, 5) is 28.4. The second kappa shape index (κ2) is 8.58. The molecule has 0 fully saturated rings. The van der Waals surface area contributed by atoms with Gasteiger partial charge in [0.2, 0.25) is 0 Å². The van der Waals surface area contributed by atoms with Gasteiger partial charge in [0.05, 0.1) is 13.0 Å². The SMILES string of the molecule is COC(=O)[C@H](CC(=O)Cc1ccc(Br)cc1)Cc1ccccn1. The molecule has 5 heteroatoms. The summed E-state index contributed by atoms with van der Waals surface area (Å²) in [5.74, 6) is -0.865. The van der Waals surface area contributed by atoms with Crippen molar-refractivity contribution in [1.82, 2.24) is 4.98 Å². The summed E-state index contributed by atoms with van der Waals surface area (Å²) in [5, 5.41) is 0. The Bertz CT molecular complexity index is 656. The van der Waals surface area contributed by atoms with Crippen LogP contribution in [0.5, 0.6) is 0 Å². The average molecular weight is 376 g/mol. The molecule has 0 saturated carbocycles. The van der Waals surface area contributed by atoms with Crippen LogP contribution < -0.4 is 0 Å². The van der Waals surface area contributed by atoms with Crippen molar-refractivity contribution in [3.05, 3.63) is 64.4 Å². The van der Waals surface area contributed by atoms with Crippen LogP contribution in [0, 0.1) is 5.92 Å². The molecule has 0 spiro atoms. The Hall–Kier alpha value is -2.01. The fraction of sp³-hybridized carbons (Fsp3) is 0.278. The van der Waals surface area contributed by atoms with Crippen LogP contribution in [0.1, 0.15) is 17.7 Å². The molecule has 120 valence electrons. The van der Waals surface area contributed by atoms with Gasteiger partial charge in [0.15, 0.2) is 0 Å². The molecule has 0 aliphatic carbocycles. The van der Waals surface area contributed by atoms with Crippen LogP contribution in [-0.4, -0.2) is 23.8 Å². The lowest BCUT2D eigenvalue weighted by atomic mass is 9.94. The highest BCUT2D eigenvalue weighted by molar-refractivity contribution is 9.10. The molecule has 0 N–H and O–H groups in total. The van der Waals surface area contributed by atoms with Crippen molar-refractivity contribution in [3.8, 4) is 0 Å². The van der Waals surface area contributed by atoms with Gasteiger partial charge in [0.1, 0.15) is 5.78 Å². The number of carbonyl (C=O) groups is 2. The maximum Gasteiger partial charge on any atom is 0.309 e. The molecule has 0 saturated heterocycles. The minimum Gasteiger partial charge on any atom is -0.469 e. The lowest BCUT2D eigenvalue weighted by Gasteiger charge is -2.13. The predicted octanol–water partition coefficient (Wildman–Crippen LogP) is 3.38. The Morgan fingerprint density at radius 1 is 1.17 bits per heavy atom. The quantitative estimate of drug-likeness (QED) is 0.696. The topological polar surface area (TPSA) is 56.3 Å². The van der Waals surface area contributed by atoms with Crippen LogP contribution in [0.4, 0.5) is 0 Å². The van der Waals surface area contributed by atoms with Crippen molar-refractivity contribution >= 4 is 27.7 Å². The maximum absolute atomic E-state index is 12.3. The number of methoxy groups -OCH3 is 1. The number of Topliss-reactive ketones (excluding diaryl/α,β-unsaturated/α-hetero) is 1. The number of halogens is 1. The summed E-state index contributed by atoms with van der Waals surface area (Å²) in [6, 6.07) is 13.1. The van der Waals surface area contributed by atoms with Crippen molar-refractivity contribution in [2.75, 3.05) is 7.11 Å². The Morgan fingerprint density at radius 2 is 1.91 bits per heavy atom. The standard InChI is InChI=1S/C18H18BrNO3/c1-23-18(22)14(11-16-4-2-3-9-20-16)12-17(21)10-13-5-7-15(19)8-6-13/h2-9,14H,10-12H2,1H3/t14-/m0/s1. The number of carbonyl (C=O) groups excluding carboxylic acids is 2. The van der Waals surface area contributed by atoms with Crippen LogP contribution in [0.25, 0.3) is 0 Å². The smallest absolute Gasteiger partial charge is 0.309 e. The Morgan fingerprint density at radius 3 is 2.52 bits per heavy atom. The van der Waals surface area contributed by atoms with Crippen LogP contribution in [0.2, 0.25) is 0 Å². The molecule has 2 aromatic rings. The van der Waals surface area contributed by atoms with Gasteiger partial charge in [-0.15, -0.1) is 0 Å². The largest absolute Gasteiger partial charge is 0.469 e. The first kappa shape index (κ1) is 17.3. The number of ketones is 1. The fourth-order valence-corrected chi connectivity index (χ4v) is 2.62. The number of aromatic nitrogens is 1. The van der Waals surface area contributed by atoms with Gasteiger partial charge in [-0.25, -0.2) is 0 Å². The molecular weight excluding hydrogens is 358 g/mol. The lowest BCUT2D eigenvalue weighted by molar-refractivity contribution is -0.147. The summed E-state index contributed by atoms with van der Waals surface area (Å²) in [5.41, 5.74) is 1.71. The summed E-state index contributed by atoms with van der Waals surface area (Å²) < 4.78 is 5.80. The first-order valence-electron chi connectivity index (χ1n) is 7.32. The van der Waals surface area contributed by atoms with E-state index in [0.717, 1.165) is 15.7 Å². The molecule has 2 rings (SSSR count). The first-order valence-corrected chi connectivity index (χ1v) is 8.11. The van der Waals surface area contributed by atoms with Crippen LogP contribution in [0.3, 0.4) is 0 Å². The molecule has 4 nitrogen and oxygen atoms in total. The van der Waals surface area contributed by atoms with Gasteiger partial charge in [-0.3, -0.25) is 14.6 Å². The molecule has 0 aliphatic rings. The van der Waals surface area contributed by atoms with Gasteiger partial charge < -0.3 is 4.74 Å². The predicted molar refractivity (Wildman–Crippen MR) is 90.9 cm³/mol. The van der Waals surface area contributed by atoms with Crippen molar-refractivity contribution in [3.63, 3.8) is 0 Å². The zero-order valence-electron chi connectivity index (χ0n) is 12.9. The molecule has 1 atom stereocenters. The zero-order valence-corrected chi connectivity index (χ0v) is 14.5. The van der Waals surface area contributed by atoms with E-state index in [-0.39, 0.29) is 18.2 Å². The summed E-state index contributed by atoms with van der Waals surface area (Å²) in [7, 11) is 1.34. The zero-order chi connectivity index (χ0) is 16.7. The number of benzene rings is 1. The van der Waals surface area contributed by atoms with E-state index in [0.29, 0.717) is 12.8 Å². The van der Waals surface area contributed by atoms with Gasteiger partial charge in [0.25, 0.3) is 0 Å². The summed E-state index contributed by atoms with van der Waals surface area (Å²) in [6.07, 6.45) is 2.54. The maximum atomic E-state index is 12.3. The molecule has 0 aliphatic heterocycles. The van der Waals surface area contributed by atoms with E-state index in [1.807, 2.05) is 42.5 Å².